The Morgan fingerprint density at radius 1 is 1.06 bits per heavy atom. The van der Waals surface area contributed by atoms with E-state index in [0.717, 1.165) is 5.56 Å². The van der Waals surface area contributed by atoms with Crippen molar-refractivity contribution in [1.29, 1.82) is 0 Å². The first-order valence-corrected chi connectivity index (χ1v) is 11.2. The summed E-state index contributed by atoms with van der Waals surface area (Å²) in [6.07, 6.45) is 0.556. The van der Waals surface area contributed by atoms with Crippen molar-refractivity contribution in [2.45, 2.75) is 39.7 Å². The number of fused-ring (bicyclic) bond motifs is 1. The van der Waals surface area contributed by atoms with Crippen molar-refractivity contribution in [3.63, 3.8) is 0 Å². The first-order chi connectivity index (χ1) is 16.2. The molecule has 0 unspecified atom stereocenters. The Balaban J connectivity index is 1.68. The molecule has 0 bridgehead atoms. The molecule has 2 aromatic rings. The third-order valence-electron chi connectivity index (χ3n) is 5.27. The number of nitrogens with zero attached hydrogens (tertiary/aromatic N) is 1. The van der Waals surface area contributed by atoms with E-state index < -0.39 is 17.5 Å². The van der Waals surface area contributed by atoms with Gasteiger partial charge in [0.25, 0.3) is 5.91 Å². The largest absolute Gasteiger partial charge is 0.490 e. The molecule has 182 valence electrons. The number of hydrogen-bond acceptors (Lipinski definition) is 6. The highest BCUT2D eigenvalue weighted by atomic mass is 16.5. The molecule has 34 heavy (non-hydrogen) atoms. The van der Waals surface area contributed by atoms with Crippen molar-refractivity contribution in [2.24, 2.45) is 0 Å². The average Bonchev–Trinajstić information content (AvgIpc) is 2.78. The van der Waals surface area contributed by atoms with Crippen LogP contribution in [-0.4, -0.2) is 54.8 Å². The van der Waals surface area contributed by atoms with Gasteiger partial charge in [-0.05, 0) is 70.0 Å². The van der Waals surface area contributed by atoms with Crippen LogP contribution in [0.2, 0.25) is 0 Å². The standard InChI is InChI=1S/C25H30N2O7/c1-5-32-20-9-7-16(13-21(20)33-6-2)11-12-26-22(28)15-27-18-14-17(23(29)30)8-10-19(18)34-25(3,4)24(27)31/h7-10,13-14H,5-6,11-12,15H2,1-4H3,(H,26,28)(H,29,30). The van der Waals surface area contributed by atoms with Gasteiger partial charge in [-0.15, -0.1) is 0 Å². The van der Waals surface area contributed by atoms with Gasteiger partial charge in [0.1, 0.15) is 12.3 Å². The Morgan fingerprint density at radius 3 is 2.44 bits per heavy atom. The molecular weight excluding hydrogens is 440 g/mol. The minimum absolute atomic E-state index is 0.000802. The lowest BCUT2D eigenvalue weighted by molar-refractivity contribution is -0.134. The molecule has 0 aliphatic carbocycles. The molecule has 1 aliphatic rings. The molecule has 0 radical (unpaired) electrons. The summed E-state index contributed by atoms with van der Waals surface area (Å²) in [5.41, 5.74) is 0.0380. The second kappa shape index (κ2) is 10.5. The van der Waals surface area contributed by atoms with Crippen LogP contribution >= 0.6 is 0 Å². The van der Waals surface area contributed by atoms with E-state index in [-0.39, 0.29) is 23.7 Å². The van der Waals surface area contributed by atoms with Crippen molar-refractivity contribution in [3.05, 3.63) is 47.5 Å². The van der Waals surface area contributed by atoms with Gasteiger partial charge < -0.3 is 24.6 Å². The third-order valence-corrected chi connectivity index (χ3v) is 5.27. The van der Waals surface area contributed by atoms with Crippen molar-refractivity contribution in [1.82, 2.24) is 5.32 Å². The highest BCUT2D eigenvalue weighted by molar-refractivity contribution is 6.06. The summed E-state index contributed by atoms with van der Waals surface area (Å²) >= 11 is 0. The van der Waals surface area contributed by atoms with Gasteiger partial charge in [0.15, 0.2) is 17.1 Å². The fourth-order valence-electron chi connectivity index (χ4n) is 3.65. The van der Waals surface area contributed by atoms with E-state index in [0.29, 0.717) is 43.4 Å². The van der Waals surface area contributed by atoms with Crippen molar-refractivity contribution < 1.29 is 33.7 Å². The van der Waals surface area contributed by atoms with Crippen LogP contribution in [0.1, 0.15) is 43.6 Å². The molecule has 2 amide bonds. The fraction of sp³-hybridized carbons (Fsp3) is 0.400. The number of nitrogens with one attached hydrogen (secondary N) is 1. The maximum Gasteiger partial charge on any atom is 0.335 e. The van der Waals surface area contributed by atoms with Gasteiger partial charge >= 0.3 is 5.97 Å². The Labute approximate surface area is 198 Å². The number of anilines is 1. The van der Waals surface area contributed by atoms with Crippen LogP contribution in [0, 0.1) is 0 Å². The Bertz CT molecular complexity index is 1080. The smallest absolute Gasteiger partial charge is 0.335 e. The number of amides is 2. The lowest BCUT2D eigenvalue weighted by Gasteiger charge is -2.38. The molecule has 0 aromatic heterocycles. The lowest BCUT2D eigenvalue weighted by atomic mass is 10.0. The molecule has 1 heterocycles. The number of ether oxygens (including phenoxy) is 3. The first kappa shape index (κ1) is 24.9. The van der Waals surface area contributed by atoms with Gasteiger partial charge in [-0.1, -0.05) is 6.07 Å². The molecule has 9 nitrogen and oxygen atoms in total. The van der Waals surface area contributed by atoms with Crippen LogP contribution in [0.4, 0.5) is 5.69 Å². The predicted octanol–water partition coefficient (Wildman–Crippen LogP) is 3.05. The summed E-state index contributed by atoms with van der Waals surface area (Å²) in [6.45, 7) is 8.15. The van der Waals surface area contributed by atoms with E-state index in [2.05, 4.69) is 5.32 Å². The summed E-state index contributed by atoms with van der Waals surface area (Å²) in [6, 6.07) is 9.89. The van der Waals surface area contributed by atoms with Gasteiger partial charge in [-0.2, -0.15) is 0 Å². The molecule has 0 saturated carbocycles. The van der Waals surface area contributed by atoms with E-state index in [4.69, 9.17) is 14.2 Å². The third kappa shape index (κ3) is 5.59. The lowest BCUT2D eigenvalue weighted by Crippen LogP contribution is -2.55. The molecule has 2 aromatic carbocycles. The number of aromatic carboxylic acids is 1. The minimum atomic E-state index is -1.18. The van der Waals surface area contributed by atoms with Crippen LogP contribution in [0.25, 0.3) is 0 Å². The number of rotatable bonds is 10. The maximum absolute atomic E-state index is 13.0. The second-order valence-corrected chi connectivity index (χ2v) is 8.24. The molecule has 0 spiro atoms. The Morgan fingerprint density at radius 2 is 1.76 bits per heavy atom. The van der Waals surface area contributed by atoms with Crippen molar-refractivity contribution >= 4 is 23.5 Å². The van der Waals surface area contributed by atoms with Crippen LogP contribution in [-0.2, 0) is 16.0 Å². The summed E-state index contributed by atoms with van der Waals surface area (Å²) in [5.74, 6) is -0.254. The summed E-state index contributed by atoms with van der Waals surface area (Å²) in [7, 11) is 0. The van der Waals surface area contributed by atoms with Crippen LogP contribution in [0.15, 0.2) is 36.4 Å². The highest BCUT2D eigenvalue weighted by Gasteiger charge is 2.41. The number of carbonyl (C=O) groups excluding carboxylic acids is 2. The molecule has 1 aliphatic heterocycles. The van der Waals surface area contributed by atoms with Gasteiger partial charge in [-0.3, -0.25) is 14.5 Å². The van der Waals surface area contributed by atoms with Gasteiger partial charge in [-0.25, -0.2) is 4.79 Å². The van der Waals surface area contributed by atoms with E-state index in [1.165, 1.54) is 23.1 Å². The average molecular weight is 471 g/mol. The van der Waals surface area contributed by atoms with E-state index in [1.54, 1.807) is 13.8 Å². The van der Waals surface area contributed by atoms with E-state index >= 15 is 0 Å². The number of benzene rings is 2. The molecule has 0 atom stereocenters. The Hall–Kier alpha value is -3.75. The number of hydrogen-bond donors (Lipinski definition) is 2. The number of carboxylic acids is 1. The first-order valence-electron chi connectivity index (χ1n) is 11.2. The molecule has 9 heteroatoms. The molecule has 3 rings (SSSR count). The highest BCUT2D eigenvalue weighted by Crippen LogP contribution is 2.38. The van der Waals surface area contributed by atoms with Crippen molar-refractivity contribution in [3.8, 4) is 17.2 Å². The van der Waals surface area contributed by atoms with Gasteiger partial charge in [0.05, 0.1) is 24.5 Å². The maximum atomic E-state index is 13.0. The van der Waals surface area contributed by atoms with Crippen LogP contribution < -0.4 is 24.4 Å². The molecular formula is C25H30N2O7. The van der Waals surface area contributed by atoms with Crippen LogP contribution in [0.3, 0.4) is 0 Å². The zero-order chi connectivity index (χ0) is 24.9. The minimum Gasteiger partial charge on any atom is -0.490 e. The normalized spacial score (nSPS) is 14.1. The molecule has 0 saturated heterocycles. The summed E-state index contributed by atoms with van der Waals surface area (Å²) in [4.78, 5) is 38.3. The molecule has 0 fully saturated rings. The molecule has 2 N–H and O–H groups in total. The topological polar surface area (TPSA) is 114 Å². The zero-order valence-corrected chi connectivity index (χ0v) is 19.8. The van der Waals surface area contributed by atoms with Crippen molar-refractivity contribution in [2.75, 3.05) is 31.2 Å². The zero-order valence-electron chi connectivity index (χ0n) is 19.8. The van der Waals surface area contributed by atoms with Gasteiger partial charge in [0, 0.05) is 6.54 Å². The van der Waals surface area contributed by atoms with E-state index in [1.807, 2.05) is 32.0 Å². The fourth-order valence-corrected chi connectivity index (χ4v) is 3.65. The second-order valence-electron chi connectivity index (χ2n) is 8.24. The predicted molar refractivity (Wildman–Crippen MR) is 126 cm³/mol. The quantitative estimate of drug-likeness (QED) is 0.549. The van der Waals surface area contributed by atoms with Gasteiger partial charge in [0.2, 0.25) is 5.91 Å². The number of carbonyl (C=O) groups is 3. The summed E-state index contributed by atoms with van der Waals surface area (Å²) in [5, 5.41) is 12.1. The monoisotopic (exact) mass is 470 g/mol. The van der Waals surface area contributed by atoms with E-state index in [9.17, 15) is 19.5 Å². The van der Waals surface area contributed by atoms with Crippen LogP contribution in [0.5, 0.6) is 17.2 Å². The number of carboxylic acid groups (broad SMARTS) is 1. The Kier molecular flexibility index (Phi) is 7.65. The SMILES string of the molecule is CCOc1ccc(CCNC(=O)CN2C(=O)C(C)(C)Oc3ccc(C(=O)O)cc32)cc1OCC. The summed E-state index contributed by atoms with van der Waals surface area (Å²) < 4.78 is 16.9.